The van der Waals surface area contributed by atoms with E-state index < -0.39 is 0 Å². The Kier molecular flexibility index (Phi) is 3.09. The summed E-state index contributed by atoms with van der Waals surface area (Å²) < 4.78 is 12.8. The lowest BCUT2D eigenvalue weighted by atomic mass is 10.2. The molecule has 4 nitrogen and oxygen atoms in total. The van der Waals surface area contributed by atoms with Crippen LogP contribution in [-0.4, -0.2) is 34.2 Å². The van der Waals surface area contributed by atoms with Crippen molar-refractivity contribution in [2.24, 2.45) is 9.98 Å². The van der Waals surface area contributed by atoms with E-state index in [1.54, 1.807) is 0 Å². The van der Waals surface area contributed by atoms with Crippen molar-refractivity contribution in [3.8, 4) is 0 Å². The molecule has 3 rings (SSSR count). The van der Waals surface area contributed by atoms with Gasteiger partial charge in [-0.2, -0.15) is 4.99 Å². The SMILES string of the molecule is O=C(/N=C1\SSC2=NCCN21)c1ccc(F)cc1. The molecule has 18 heavy (non-hydrogen) atoms. The van der Waals surface area contributed by atoms with E-state index >= 15 is 0 Å². The van der Waals surface area contributed by atoms with Gasteiger partial charge in [-0.25, -0.2) is 4.39 Å². The summed E-state index contributed by atoms with van der Waals surface area (Å²) in [6, 6.07) is 5.39. The van der Waals surface area contributed by atoms with E-state index in [2.05, 4.69) is 9.98 Å². The Balaban J connectivity index is 1.82. The third-order valence-corrected chi connectivity index (χ3v) is 4.70. The van der Waals surface area contributed by atoms with Gasteiger partial charge in [0.25, 0.3) is 5.91 Å². The lowest BCUT2D eigenvalue weighted by Gasteiger charge is -2.09. The van der Waals surface area contributed by atoms with Gasteiger partial charge in [-0.15, -0.1) is 0 Å². The zero-order valence-electron chi connectivity index (χ0n) is 9.17. The largest absolute Gasteiger partial charge is 0.297 e. The summed E-state index contributed by atoms with van der Waals surface area (Å²) in [6.07, 6.45) is 0. The summed E-state index contributed by atoms with van der Waals surface area (Å²) in [4.78, 5) is 22.2. The molecule has 2 heterocycles. The van der Waals surface area contributed by atoms with E-state index in [1.165, 1.54) is 45.9 Å². The van der Waals surface area contributed by atoms with Crippen LogP contribution in [0.3, 0.4) is 0 Å². The lowest BCUT2D eigenvalue weighted by Crippen LogP contribution is -2.26. The first-order chi connectivity index (χ1) is 8.74. The van der Waals surface area contributed by atoms with Crippen LogP contribution in [0.2, 0.25) is 0 Å². The minimum Gasteiger partial charge on any atom is -0.297 e. The van der Waals surface area contributed by atoms with Gasteiger partial charge in [0.15, 0.2) is 10.3 Å². The number of amidine groups is 2. The highest BCUT2D eigenvalue weighted by Gasteiger charge is 2.31. The van der Waals surface area contributed by atoms with Crippen LogP contribution in [0.4, 0.5) is 4.39 Å². The third kappa shape index (κ3) is 2.15. The average Bonchev–Trinajstić information content (AvgIpc) is 2.95. The van der Waals surface area contributed by atoms with E-state index in [0.29, 0.717) is 10.7 Å². The van der Waals surface area contributed by atoms with Crippen LogP contribution >= 0.6 is 21.6 Å². The van der Waals surface area contributed by atoms with Crippen molar-refractivity contribution in [3.05, 3.63) is 35.6 Å². The van der Waals surface area contributed by atoms with E-state index in [-0.39, 0.29) is 11.7 Å². The standard InChI is InChI=1S/C11H8FN3OS2/c12-8-3-1-7(2-4-8)9(16)14-11-15-6-5-13-10(15)17-18-11/h1-4H,5-6H2/b14-11-. The number of aliphatic imine (C=N–C) groups is 2. The van der Waals surface area contributed by atoms with Crippen LogP contribution in [0.1, 0.15) is 10.4 Å². The Bertz CT molecular complexity index is 556. The van der Waals surface area contributed by atoms with Gasteiger partial charge in [-0.3, -0.25) is 14.7 Å². The summed E-state index contributed by atoms with van der Waals surface area (Å²) in [5.41, 5.74) is 0.388. The second-order valence-electron chi connectivity index (χ2n) is 3.69. The normalized spacial score (nSPS) is 20.2. The molecule has 2 aliphatic rings. The molecule has 0 saturated carbocycles. The van der Waals surface area contributed by atoms with Crippen molar-refractivity contribution in [2.75, 3.05) is 13.1 Å². The molecule has 0 radical (unpaired) electrons. The fraction of sp³-hybridized carbons (Fsp3) is 0.182. The smallest absolute Gasteiger partial charge is 0.279 e. The van der Waals surface area contributed by atoms with E-state index in [1.807, 2.05) is 4.90 Å². The molecule has 0 aliphatic carbocycles. The minimum absolute atomic E-state index is 0.355. The first-order valence-corrected chi connectivity index (χ1v) is 7.44. The lowest BCUT2D eigenvalue weighted by molar-refractivity contribution is 0.100. The van der Waals surface area contributed by atoms with E-state index in [9.17, 15) is 9.18 Å². The summed E-state index contributed by atoms with van der Waals surface area (Å²) in [5.74, 6) is -0.717. The number of fused-ring (bicyclic) bond motifs is 1. The van der Waals surface area contributed by atoms with E-state index in [0.717, 1.165) is 18.3 Å². The zero-order valence-corrected chi connectivity index (χ0v) is 10.8. The Morgan fingerprint density at radius 3 is 2.89 bits per heavy atom. The van der Waals surface area contributed by atoms with Crippen LogP contribution in [-0.2, 0) is 0 Å². The van der Waals surface area contributed by atoms with Gasteiger partial charge in [0, 0.05) is 12.1 Å². The number of benzene rings is 1. The number of hydrogen-bond acceptors (Lipinski definition) is 4. The second-order valence-corrected chi connectivity index (χ2v) is 5.75. The molecule has 92 valence electrons. The molecule has 1 aromatic carbocycles. The highest BCUT2D eigenvalue weighted by atomic mass is 33.1. The Labute approximate surface area is 111 Å². The molecule has 1 saturated heterocycles. The maximum Gasteiger partial charge on any atom is 0.279 e. The predicted octanol–water partition coefficient (Wildman–Crippen LogP) is 2.39. The highest BCUT2D eigenvalue weighted by molar-refractivity contribution is 8.88. The fourth-order valence-electron chi connectivity index (χ4n) is 1.62. The molecule has 0 N–H and O–H groups in total. The van der Waals surface area contributed by atoms with Crippen molar-refractivity contribution in [3.63, 3.8) is 0 Å². The first kappa shape index (κ1) is 11.7. The van der Waals surface area contributed by atoms with Gasteiger partial charge in [0.05, 0.1) is 6.54 Å². The summed E-state index contributed by atoms with van der Waals surface area (Å²) in [7, 11) is 2.94. The molecule has 0 atom stereocenters. The van der Waals surface area contributed by atoms with Crippen molar-refractivity contribution in [1.82, 2.24) is 4.90 Å². The molecule has 1 aromatic rings. The van der Waals surface area contributed by atoms with Gasteiger partial charge in [-0.05, 0) is 45.9 Å². The van der Waals surface area contributed by atoms with Crippen molar-refractivity contribution in [2.45, 2.75) is 0 Å². The summed E-state index contributed by atoms with van der Waals surface area (Å²) in [5, 5.41) is 1.57. The van der Waals surface area contributed by atoms with Crippen LogP contribution in [0.5, 0.6) is 0 Å². The topological polar surface area (TPSA) is 45.0 Å². The molecule has 1 fully saturated rings. The molecule has 1 amide bonds. The third-order valence-electron chi connectivity index (χ3n) is 2.51. The number of rotatable bonds is 1. The quantitative estimate of drug-likeness (QED) is 0.741. The van der Waals surface area contributed by atoms with Gasteiger partial charge >= 0.3 is 0 Å². The van der Waals surface area contributed by atoms with Crippen LogP contribution < -0.4 is 0 Å². The zero-order chi connectivity index (χ0) is 12.5. The number of carbonyl (C=O) groups excluding carboxylic acids is 1. The molecular weight excluding hydrogens is 273 g/mol. The summed E-state index contributed by atoms with van der Waals surface area (Å²) in [6.45, 7) is 1.51. The Morgan fingerprint density at radius 1 is 1.33 bits per heavy atom. The predicted molar refractivity (Wildman–Crippen MR) is 72.4 cm³/mol. The van der Waals surface area contributed by atoms with E-state index in [4.69, 9.17) is 0 Å². The first-order valence-electron chi connectivity index (χ1n) is 5.29. The van der Waals surface area contributed by atoms with Gasteiger partial charge < -0.3 is 0 Å². The highest BCUT2D eigenvalue weighted by Crippen LogP contribution is 2.38. The number of amides is 1. The summed E-state index contributed by atoms with van der Waals surface area (Å²) >= 11 is 0. The Morgan fingerprint density at radius 2 is 2.11 bits per heavy atom. The van der Waals surface area contributed by atoms with Crippen LogP contribution in [0.15, 0.2) is 34.3 Å². The minimum atomic E-state index is -0.362. The number of carbonyl (C=O) groups is 1. The molecule has 7 heteroatoms. The maximum atomic E-state index is 12.8. The van der Waals surface area contributed by atoms with Gasteiger partial charge in [0.2, 0.25) is 0 Å². The Hall–Kier alpha value is -1.34. The fourth-order valence-corrected chi connectivity index (χ4v) is 3.88. The van der Waals surface area contributed by atoms with Gasteiger partial charge in [0.1, 0.15) is 5.82 Å². The molecular formula is C11H8FN3OS2. The van der Waals surface area contributed by atoms with Gasteiger partial charge in [-0.1, -0.05) is 0 Å². The maximum absolute atomic E-state index is 12.8. The van der Waals surface area contributed by atoms with Crippen molar-refractivity contribution >= 4 is 37.8 Å². The van der Waals surface area contributed by atoms with Crippen molar-refractivity contribution in [1.29, 1.82) is 0 Å². The molecule has 0 unspecified atom stereocenters. The van der Waals surface area contributed by atoms with Crippen molar-refractivity contribution < 1.29 is 9.18 Å². The molecule has 0 bridgehead atoms. The monoisotopic (exact) mass is 281 g/mol. The number of hydrogen-bond donors (Lipinski definition) is 0. The molecule has 0 aromatic heterocycles. The molecule has 2 aliphatic heterocycles. The van der Waals surface area contributed by atoms with Crippen LogP contribution in [0, 0.1) is 5.82 Å². The second kappa shape index (κ2) is 4.74. The van der Waals surface area contributed by atoms with Crippen LogP contribution in [0.25, 0.3) is 0 Å². The number of nitrogens with zero attached hydrogens (tertiary/aromatic N) is 3. The molecule has 0 spiro atoms. The average molecular weight is 281 g/mol. The number of halogens is 1.